The molecule has 3 heteroatoms. The molecule has 0 fully saturated rings. The first-order chi connectivity index (χ1) is 10.1. The van der Waals surface area contributed by atoms with E-state index in [1.54, 1.807) is 6.07 Å². The molecule has 0 saturated carbocycles. The van der Waals surface area contributed by atoms with Gasteiger partial charge in [-0.15, -0.1) is 0 Å². The van der Waals surface area contributed by atoms with Crippen molar-refractivity contribution in [3.8, 4) is 5.75 Å². The largest absolute Gasteiger partial charge is 0.506 e. The molecule has 0 aromatic carbocycles. The number of unbranched alkanes of at least 4 members (excludes halogenated alkanes) is 5. The molecule has 0 amide bonds. The van der Waals surface area contributed by atoms with Crippen LogP contribution in [-0.2, 0) is 6.42 Å². The molecule has 1 aromatic heterocycles. The number of aryl methyl sites for hydroxylation is 2. The van der Waals surface area contributed by atoms with Crippen molar-refractivity contribution in [1.82, 2.24) is 4.98 Å². The summed E-state index contributed by atoms with van der Waals surface area (Å²) in [6.45, 7) is 4.02. The highest BCUT2D eigenvalue weighted by Gasteiger charge is 2.04. The third-order valence-electron chi connectivity index (χ3n) is 3.98. The zero-order valence-electron chi connectivity index (χ0n) is 13.6. The van der Waals surface area contributed by atoms with Crippen LogP contribution in [0.3, 0.4) is 0 Å². The predicted molar refractivity (Wildman–Crippen MR) is 87.6 cm³/mol. The SMILES string of the molecule is CCCCC[C@@H](O)CCCCCCc1ccc(O)c(C)n1. The predicted octanol–water partition coefficient (Wildman–Crippen LogP) is 4.53. The van der Waals surface area contributed by atoms with Crippen LogP contribution in [0.1, 0.15) is 76.1 Å². The minimum Gasteiger partial charge on any atom is -0.506 e. The summed E-state index contributed by atoms with van der Waals surface area (Å²) in [5.41, 5.74) is 1.77. The Labute approximate surface area is 129 Å². The molecule has 1 heterocycles. The standard InChI is InChI=1S/C18H31NO2/c1-3-4-7-11-17(20)12-9-6-5-8-10-16-13-14-18(21)15(2)19-16/h13-14,17,20-21H,3-12H2,1-2H3/t17-/m1/s1. The van der Waals surface area contributed by atoms with Crippen LogP contribution in [0.5, 0.6) is 5.75 Å². The number of aliphatic hydroxyl groups is 1. The Bertz CT molecular complexity index is 393. The van der Waals surface area contributed by atoms with E-state index in [0.717, 1.165) is 44.2 Å². The fourth-order valence-electron chi connectivity index (χ4n) is 2.56. The quantitative estimate of drug-likeness (QED) is 0.589. The summed E-state index contributed by atoms with van der Waals surface area (Å²) in [6, 6.07) is 3.63. The Kier molecular flexibility index (Phi) is 9.07. The van der Waals surface area contributed by atoms with Crippen LogP contribution in [0.2, 0.25) is 0 Å². The van der Waals surface area contributed by atoms with E-state index in [4.69, 9.17) is 0 Å². The number of aromatic hydroxyl groups is 1. The summed E-state index contributed by atoms with van der Waals surface area (Å²) in [4.78, 5) is 4.37. The fraction of sp³-hybridized carbons (Fsp3) is 0.722. The maximum absolute atomic E-state index is 9.83. The minimum absolute atomic E-state index is 0.0991. The molecule has 0 aliphatic heterocycles. The third kappa shape index (κ3) is 8.05. The fourth-order valence-corrected chi connectivity index (χ4v) is 2.56. The molecule has 0 unspecified atom stereocenters. The first-order valence-corrected chi connectivity index (χ1v) is 8.47. The molecular weight excluding hydrogens is 262 g/mol. The van der Waals surface area contributed by atoms with Gasteiger partial charge in [-0.3, -0.25) is 4.98 Å². The van der Waals surface area contributed by atoms with Gasteiger partial charge in [0.1, 0.15) is 5.75 Å². The number of hydrogen-bond donors (Lipinski definition) is 2. The number of pyridine rings is 1. The van der Waals surface area contributed by atoms with Crippen molar-refractivity contribution >= 4 is 0 Å². The van der Waals surface area contributed by atoms with Crippen molar-refractivity contribution in [2.24, 2.45) is 0 Å². The summed E-state index contributed by atoms with van der Waals surface area (Å²) in [5.74, 6) is 0.274. The normalized spacial score (nSPS) is 12.5. The molecular formula is C18H31NO2. The highest BCUT2D eigenvalue weighted by Crippen LogP contribution is 2.16. The van der Waals surface area contributed by atoms with Crippen molar-refractivity contribution in [2.75, 3.05) is 0 Å². The van der Waals surface area contributed by atoms with Gasteiger partial charge < -0.3 is 10.2 Å². The van der Waals surface area contributed by atoms with E-state index < -0.39 is 0 Å². The number of nitrogens with zero attached hydrogens (tertiary/aromatic N) is 1. The van der Waals surface area contributed by atoms with E-state index in [1.165, 1.54) is 25.7 Å². The van der Waals surface area contributed by atoms with Crippen LogP contribution in [0, 0.1) is 6.92 Å². The van der Waals surface area contributed by atoms with Crippen molar-refractivity contribution in [2.45, 2.75) is 84.2 Å². The lowest BCUT2D eigenvalue weighted by Crippen LogP contribution is -2.05. The van der Waals surface area contributed by atoms with Crippen molar-refractivity contribution in [3.05, 3.63) is 23.5 Å². The zero-order chi connectivity index (χ0) is 15.5. The van der Waals surface area contributed by atoms with Gasteiger partial charge in [-0.1, -0.05) is 45.4 Å². The van der Waals surface area contributed by atoms with Gasteiger partial charge in [0.25, 0.3) is 0 Å². The van der Waals surface area contributed by atoms with Crippen LogP contribution >= 0.6 is 0 Å². The minimum atomic E-state index is -0.0991. The Hall–Kier alpha value is -1.09. The first-order valence-electron chi connectivity index (χ1n) is 8.47. The van der Waals surface area contributed by atoms with Gasteiger partial charge >= 0.3 is 0 Å². The maximum atomic E-state index is 9.83. The van der Waals surface area contributed by atoms with Crippen molar-refractivity contribution < 1.29 is 10.2 Å². The second kappa shape index (κ2) is 10.6. The molecule has 1 rings (SSSR count). The molecule has 0 spiro atoms. The lowest BCUT2D eigenvalue weighted by molar-refractivity contribution is 0.147. The second-order valence-electron chi connectivity index (χ2n) is 6.01. The lowest BCUT2D eigenvalue weighted by Gasteiger charge is -2.09. The van der Waals surface area contributed by atoms with Crippen LogP contribution in [0.15, 0.2) is 12.1 Å². The lowest BCUT2D eigenvalue weighted by atomic mass is 10.0. The van der Waals surface area contributed by atoms with Crippen molar-refractivity contribution in [1.29, 1.82) is 0 Å². The number of hydrogen-bond acceptors (Lipinski definition) is 3. The number of aromatic nitrogens is 1. The van der Waals surface area contributed by atoms with Crippen LogP contribution in [0.25, 0.3) is 0 Å². The molecule has 0 aliphatic rings. The van der Waals surface area contributed by atoms with Gasteiger partial charge in [-0.25, -0.2) is 0 Å². The molecule has 0 aliphatic carbocycles. The van der Waals surface area contributed by atoms with Crippen molar-refractivity contribution in [3.63, 3.8) is 0 Å². The van der Waals surface area contributed by atoms with Crippen LogP contribution < -0.4 is 0 Å². The third-order valence-corrected chi connectivity index (χ3v) is 3.98. The Morgan fingerprint density at radius 3 is 2.33 bits per heavy atom. The summed E-state index contributed by atoms with van der Waals surface area (Å²) in [7, 11) is 0. The average Bonchev–Trinajstić information content (AvgIpc) is 2.46. The first kappa shape index (κ1) is 18.0. The van der Waals surface area contributed by atoms with Gasteiger partial charge in [0.05, 0.1) is 11.8 Å². The highest BCUT2D eigenvalue weighted by atomic mass is 16.3. The van der Waals surface area contributed by atoms with Gasteiger partial charge in [0, 0.05) is 5.69 Å². The number of rotatable bonds is 11. The smallest absolute Gasteiger partial charge is 0.136 e. The maximum Gasteiger partial charge on any atom is 0.136 e. The molecule has 0 radical (unpaired) electrons. The van der Waals surface area contributed by atoms with E-state index in [0.29, 0.717) is 5.69 Å². The monoisotopic (exact) mass is 293 g/mol. The Morgan fingerprint density at radius 2 is 1.67 bits per heavy atom. The average molecular weight is 293 g/mol. The van der Waals surface area contributed by atoms with E-state index >= 15 is 0 Å². The van der Waals surface area contributed by atoms with E-state index in [2.05, 4.69) is 11.9 Å². The highest BCUT2D eigenvalue weighted by molar-refractivity contribution is 5.26. The number of aliphatic hydroxyl groups excluding tert-OH is 1. The van der Waals surface area contributed by atoms with Crippen LogP contribution in [-0.4, -0.2) is 21.3 Å². The molecule has 1 aromatic rings. The molecule has 2 N–H and O–H groups in total. The van der Waals surface area contributed by atoms with E-state index in [1.807, 2.05) is 13.0 Å². The molecule has 120 valence electrons. The molecule has 0 saturated heterocycles. The van der Waals surface area contributed by atoms with Gasteiger partial charge in [-0.2, -0.15) is 0 Å². The summed E-state index contributed by atoms with van der Waals surface area (Å²) >= 11 is 0. The molecule has 21 heavy (non-hydrogen) atoms. The summed E-state index contributed by atoms with van der Waals surface area (Å²) < 4.78 is 0. The topological polar surface area (TPSA) is 53.4 Å². The Morgan fingerprint density at radius 1 is 1.00 bits per heavy atom. The second-order valence-corrected chi connectivity index (χ2v) is 6.01. The van der Waals surface area contributed by atoms with Gasteiger partial charge in [0.15, 0.2) is 0 Å². The van der Waals surface area contributed by atoms with E-state index in [-0.39, 0.29) is 11.9 Å². The molecule has 1 atom stereocenters. The molecule has 0 bridgehead atoms. The molecule has 3 nitrogen and oxygen atoms in total. The van der Waals surface area contributed by atoms with E-state index in [9.17, 15) is 10.2 Å². The van der Waals surface area contributed by atoms with Gasteiger partial charge in [-0.05, 0) is 44.7 Å². The summed E-state index contributed by atoms with van der Waals surface area (Å²) in [6.07, 6.45) is 11.0. The van der Waals surface area contributed by atoms with Gasteiger partial charge in [0.2, 0.25) is 0 Å². The summed E-state index contributed by atoms with van der Waals surface area (Å²) in [5, 5.41) is 19.3. The Balaban J connectivity index is 2.02. The van der Waals surface area contributed by atoms with Crippen LogP contribution in [0.4, 0.5) is 0 Å². The zero-order valence-corrected chi connectivity index (χ0v) is 13.6.